The molecule has 0 aliphatic carbocycles. The predicted octanol–water partition coefficient (Wildman–Crippen LogP) is 2.27. The minimum Gasteiger partial charge on any atom is -0.491 e. The second-order valence-electron chi connectivity index (χ2n) is 5.10. The van der Waals surface area contributed by atoms with Gasteiger partial charge in [-0.3, -0.25) is 0 Å². The molecule has 1 N–H and O–H groups in total. The molecule has 0 spiro atoms. The summed E-state index contributed by atoms with van der Waals surface area (Å²) < 4.78 is 12.7. The molecule has 0 amide bonds. The standard InChI is InChI=1S/C15H23BrN2O2/c1-3-17-9-12-8-13(4-5-15(12)16)20-11-14-10-18(2)6-7-19-14/h4-5,8,14,17H,3,6-7,9-11H2,1-2H3. The van der Waals surface area contributed by atoms with Crippen molar-refractivity contribution in [1.29, 1.82) is 0 Å². The van der Waals surface area contributed by atoms with Crippen LogP contribution in [0.4, 0.5) is 0 Å². The van der Waals surface area contributed by atoms with Crippen molar-refractivity contribution in [3.8, 4) is 5.75 Å². The number of rotatable bonds is 6. The normalized spacial score (nSPS) is 20.1. The molecule has 20 heavy (non-hydrogen) atoms. The molecule has 1 fully saturated rings. The first kappa shape index (κ1) is 15.8. The van der Waals surface area contributed by atoms with Crippen molar-refractivity contribution < 1.29 is 9.47 Å². The third-order valence-electron chi connectivity index (χ3n) is 3.36. The van der Waals surface area contributed by atoms with E-state index in [1.165, 1.54) is 5.56 Å². The molecule has 5 heteroatoms. The summed E-state index contributed by atoms with van der Waals surface area (Å²) in [6.45, 7) is 7.23. The summed E-state index contributed by atoms with van der Waals surface area (Å²) in [6.07, 6.45) is 0.162. The van der Waals surface area contributed by atoms with E-state index in [0.717, 1.165) is 43.0 Å². The summed E-state index contributed by atoms with van der Waals surface area (Å²) in [5.41, 5.74) is 1.21. The van der Waals surface area contributed by atoms with Gasteiger partial charge in [-0.2, -0.15) is 0 Å². The van der Waals surface area contributed by atoms with Gasteiger partial charge in [0.2, 0.25) is 0 Å². The van der Waals surface area contributed by atoms with Crippen molar-refractivity contribution in [3.05, 3.63) is 28.2 Å². The van der Waals surface area contributed by atoms with Crippen LogP contribution in [-0.4, -0.2) is 50.9 Å². The van der Waals surface area contributed by atoms with Gasteiger partial charge in [0.1, 0.15) is 18.5 Å². The zero-order chi connectivity index (χ0) is 14.4. The van der Waals surface area contributed by atoms with E-state index in [1.807, 2.05) is 12.1 Å². The topological polar surface area (TPSA) is 33.7 Å². The molecule has 1 aromatic carbocycles. The van der Waals surface area contributed by atoms with Crippen LogP contribution in [-0.2, 0) is 11.3 Å². The highest BCUT2D eigenvalue weighted by molar-refractivity contribution is 9.10. The number of halogens is 1. The fraction of sp³-hybridized carbons (Fsp3) is 0.600. The van der Waals surface area contributed by atoms with Gasteiger partial charge in [-0.1, -0.05) is 22.9 Å². The largest absolute Gasteiger partial charge is 0.491 e. The molecule has 112 valence electrons. The highest BCUT2D eigenvalue weighted by atomic mass is 79.9. The van der Waals surface area contributed by atoms with Crippen LogP contribution in [0.1, 0.15) is 12.5 Å². The molecule has 2 rings (SSSR count). The van der Waals surface area contributed by atoms with Gasteiger partial charge in [0.15, 0.2) is 0 Å². The van der Waals surface area contributed by atoms with Crippen LogP contribution in [0.25, 0.3) is 0 Å². The van der Waals surface area contributed by atoms with Gasteiger partial charge in [0.25, 0.3) is 0 Å². The minimum atomic E-state index is 0.162. The van der Waals surface area contributed by atoms with E-state index in [0.29, 0.717) is 6.61 Å². The lowest BCUT2D eigenvalue weighted by Crippen LogP contribution is -2.42. The van der Waals surface area contributed by atoms with Crippen molar-refractivity contribution in [2.24, 2.45) is 0 Å². The van der Waals surface area contributed by atoms with Crippen LogP contribution in [0, 0.1) is 0 Å². The molecule has 1 aliphatic heterocycles. The van der Waals surface area contributed by atoms with Crippen molar-refractivity contribution >= 4 is 15.9 Å². The number of ether oxygens (including phenoxy) is 2. The Morgan fingerprint density at radius 3 is 3.10 bits per heavy atom. The molecule has 0 radical (unpaired) electrons. The zero-order valence-corrected chi connectivity index (χ0v) is 13.8. The Balaban J connectivity index is 1.88. The Labute approximate surface area is 129 Å². The number of hydrogen-bond donors (Lipinski definition) is 1. The smallest absolute Gasteiger partial charge is 0.119 e. The summed E-state index contributed by atoms with van der Waals surface area (Å²) >= 11 is 3.57. The molecule has 1 atom stereocenters. The Morgan fingerprint density at radius 1 is 1.50 bits per heavy atom. The number of benzene rings is 1. The van der Waals surface area contributed by atoms with Gasteiger partial charge in [-0.05, 0) is 37.4 Å². The molecule has 1 heterocycles. The van der Waals surface area contributed by atoms with Gasteiger partial charge in [0.05, 0.1) is 6.61 Å². The summed E-state index contributed by atoms with van der Waals surface area (Å²) in [5.74, 6) is 0.901. The highest BCUT2D eigenvalue weighted by Gasteiger charge is 2.18. The third kappa shape index (κ3) is 4.74. The van der Waals surface area contributed by atoms with Crippen molar-refractivity contribution in [2.75, 3.05) is 39.9 Å². The zero-order valence-electron chi connectivity index (χ0n) is 12.2. The number of hydrogen-bond acceptors (Lipinski definition) is 4. The number of nitrogens with one attached hydrogen (secondary N) is 1. The third-order valence-corrected chi connectivity index (χ3v) is 4.13. The van der Waals surface area contributed by atoms with E-state index in [-0.39, 0.29) is 6.10 Å². The van der Waals surface area contributed by atoms with Gasteiger partial charge < -0.3 is 19.7 Å². The maximum atomic E-state index is 5.87. The van der Waals surface area contributed by atoms with Crippen molar-refractivity contribution in [2.45, 2.75) is 19.6 Å². The number of nitrogens with zero attached hydrogens (tertiary/aromatic N) is 1. The molecule has 1 saturated heterocycles. The van der Waals surface area contributed by atoms with Gasteiger partial charge in [-0.25, -0.2) is 0 Å². The monoisotopic (exact) mass is 342 g/mol. The average Bonchev–Trinajstić information content (AvgIpc) is 2.45. The van der Waals surface area contributed by atoms with Gasteiger partial charge in [0, 0.05) is 24.1 Å². The first-order valence-corrected chi connectivity index (χ1v) is 7.90. The Kier molecular flexibility index (Phi) is 6.29. The van der Waals surface area contributed by atoms with E-state index in [4.69, 9.17) is 9.47 Å². The molecular weight excluding hydrogens is 320 g/mol. The first-order chi connectivity index (χ1) is 9.69. The second kappa shape index (κ2) is 7.98. The van der Waals surface area contributed by atoms with Crippen LogP contribution < -0.4 is 10.1 Å². The molecule has 0 saturated carbocycles. The van der Waals surface area contributed by atoms with Crippen LogP contribution in [0.3, 0.4) is 0 Å². The predicted molar refractivity (Wildman–Crippen MR) is 84.3 cm³/mol. The van der Waals surface area contributed by atoms with E-state index < -0.39 is 0 Å². The molecule has 4 nitrogen and oxygen atoms in total. The molecular formula is C15H23BrN2O2. The quantitative estimate of drug-likeness (QED) is 0.859. The van der Waals surface area contributed by atoms with Crippen molar-refractivity contribution in [1.82, 2.24) is 10.2 Å². The van der Waals surface area contributed by atoms with E-state index in [1.54, 1.807) is 0 Å². The molecule has 1 aliphatic rings. The molecule has 1 unspecified atom stereocenters. The first-order valence-electron chi connectivity index (χ1n) is 7.11. The van der Waals surface area contributed by atoms with E-state index >= 15 is 0 Å². The van der Waals surface area contributed by atoms with Crippen LogP contribution >= 0.6 is 15.9 Å². The maximum absolute atomic E-state index is 5.87. The second-order valence-corrected chi connectivity index (χ2v) is 5.95. The lowest BCUT2D eigenvalue weighted by molar-refractivity contribution is -0.0403. The van der Waals surface area contributed by atoms with Crippen LogP contribution in [0.5, 0.6) is 5.75 Å². The Morgan fingerprint density at radius 2 is 2.35 bits per heavy atom. The lowest BCUT2D eigenvalue weighted by atomic mass is 10.2. The minimum absolute atomic E-state index is 0.162. The molecule has 0 bridgehead atoms. The summed E-state index contributed by atoms with van der Waals surface area (Å²) in [7, 11) is 2.11. The molecule has 0 aromatic heterocycles. The van der Waals surface area contributed by atoms with Gasteiger partial charge in [-0.15, -0.1) is 0 Å². The fourth-order valence-corrected chi connectivity index (χ4v) is 2.58. The van der Waals surface area contributed by atoms with E-state index in [2.05, 4.69) is 46.2 Å². The highest BCUT2D eigenvalue weighted by Crippen LogP contribution is 2.23. The maximum Gasteiger partial charge on any atom is 0.119 e. The summed E-state index contributed by atoms with van der Waals surface area (Å²) in [6, 6.07) is 6.11. The Hall–Kier alpha value is -0.620. The van der Waals surface area contributed by atoms with Crippen molar-refractivity contribution in [3.63, 3.8) is 0 Å². The summed E-state index contributed by atoms with van der Waals surface area (Å²) in [5, 5.41) is 3.33. The Bertz CT molecular complexity index is 428. The lowest BCUT2D eigenvalue weighted by Gasteiger charge is -2.29. The van der Waals surface area contributed by atoms with E-state index in [9.17, 15) is 0 Å². The number of morpholine rings is 1. The number of likely N-dealkylation sites (N-methyl/N-ethyl adjacent to an activating group) is 1. The molecule has 1 aromatic rings. The van der Waals surface area contributed by atoms with Crippen LogP contribution in [0.2, 0.25) is 0 Å². The average molecular weight is 343 g/mol. The summed E-state index contributed by atoms with van der Waals surface area (Å²) in [4.78, 5) is 2.27. The SMILES string of the molecule is CCNCc1cc(OCC2CN(C)CCO2)ccc1Br. The fourth-order valence-electron chi connectivity index (χ4n) is 2.19. The van der Waals surface area contributed by atoms with Gasteiger partial charge >= 0.3 is 0 Å². The van der Waals surface area contributed by atoms with Crippen LogP contribution in [0.15, 0.2) is 22.7 Å².